The third-order valence-electron chi connectivity index (χ3n) is 2.81. The number of hydrogen-bond acceptors (Lipinski definition) is 3. The summed E-state index contributed by atoms with van der Waals surface area (Å²) in [5, 5.41) is 1.16. The number of nitrogens with one attached hydrogen (secondary N) is 1. The molecule has 0 fully saturated rings. The highest BCUT2D eigenvalue weighted by molar-refractivity contribution is 5.83. The molecule has 0 saturated heterocycles. The van der Waals surface area contributed by atoms with Gasteiger partial charge in [0.1, 0.15) is 0 Å². The molecule has 1 atom stereocenters. The van der Waals surface area contributed by atoms with Gasteiger partial charge >= 0.3 is 5.97 Å². The van der Waals surface area contributed by atoms with Gasteiger partial charge in [0.25, 0.3) is 0 Å². The summed E-state index contributed by atoms with van der Waals surface area (Å²) in [4.78, 5) is 14.3. The van der Waals surface area contributed by atoms with Crippen molar-refractivity contribution in [3.05, 3.63) is 36.0 Å². The number of carbonyl (C=O) groups is 1. The molecule has 0 unspecified atom stereocenters. The number of benzene rings is 1. The standard InChI is InChI=1S/C13H16N2O2/c1-17-13(16)7-10(14)6-9-8-15-12-5-3-2-4-11(9)12/h2-5,8,10,15H,6-7,14H2,1H3/t10-/m0/s1. The summed E-state index contributed by atoms with van der Waals surface area (Å²) in [6.45, 7) is 0. The lowest BCUT2D eigenvalue weighted by Crippen LogP contribution is -2.26. The number of H-pyrrole nitrogens is 1. The normalized spacial score (nSPS) is 12.6. The lowest BCUT2D eigenvalue weighted by Gasteiger charge is -2.09. The summed E-state index contributed by atoms with van der Waals surface area (Å²) in [6, 6.07) is 7.83. The number of hydrogen-bond donors (Lipinski definition) is 2. The number of aromatic amines is 1. The van der Waals surface area contributed by atoms with E-state index in [9.17, 15) is 4.79 Å². The van der Waals surface area contributed by atoms with E-state index >= 15 is 0 Å². The van der Waals surface area contributed by atoms with Crippen LogP contribution in [0.4, 0.5) is 0 Å². The lowest BCUT2D eigenvalue weighted by atomic mass is 10.0. The monoisotopic (exact) mass is 232 g/mol. The largest absolute Gasteiger partial charge is 0.469 e. The van der Waals surface area contributed by atoms with Crippen molar-refractivity contribution in [2.45, 2.75) is 18.9 Å². The first-order valence-corrected chi connectivity index (χ1v) is 5.58. The fourth-order valence-corrected chi connectivity index (χ4v) is 1.95. The zero-order valence-electron chi connectivity index (χ0n) is 9.77. The van der Waals surface area contributed by atoms with Crippen LogP contribution >= 0.6 is 0 Å². The van der Waals surface area contributed by atoms with Crippen LogP contribution in [0, 0.1) is 0 Å². The second kappa shape index (κ2) is 5.01. The highest BCUT2D eigenvalue weighted by Crippen LogP contribution is 2.19. The lowest BCUT2D eigenvalue weighted by molar-refractivity contribution is -0.140. The zero-order chi connectivity index (χ0) is 12.3. The van der Waals surface area contributed by atoms with E-state index in [4.69, 9.17) is 5.73 Å². The van der Waals surface area contributed by atoms with E-state index in [1.54, 1.807) is 0 Å². The molecule has 4 nitrogen and oxygen atoms in total. The van der Waals surface area contributed by atoms with Crippen LogP contribution in [-0.4, -0.2) is 24.1 Å². The molecule has 0 aliphatic carbocycles. The van der Waals surface area contributed by atoms with Crippen LogP contribution in [0.1, 0.15) is 12.0 Å². The van der Waals surface area contributed by atoms with Crippen LogP contribution in [0.5, 0.6) is 0 Å². The maximum absolute atomic E-state index is 11.1. The topological polar surface area (TPSA) is 68.1 Å². The zero-order valence-corrected chi connectivity index (χ0v) is 9.77. The van der Waals surface area contributed by atoms with Crippen molar-refractivity contribution in [2.24, 2.45) is 5.73 Å². The van der Waals surface area contributed by atoms with E-state index in [1.165, 1.54) is 7.11 Å². The molecule has 2 rings (SSSR count). The number of carbonyl (C=O) groups excluding carboxylic acids is 1. The fourth-order valence-electron chi connectivity index (χ4n) is 1.95. The number of para-hydroxylation sites is 1. The first-order chi connectivity index (χ1) is 8.20. The average Bonchev–Trinajstić information content (AvgIpc) is 2.72. The second-order valence-corrected chi connectivity index (χ2v) is 4.10. The Labute approximate surface area is 99.8 Å². The molecule has 2 aromatic rings. The molecule has 1 aromatic carbocycles. The van der Waals surface area contributed by atoms with E-state index in [-0.39, 0.29) is 18.4 Å². The Bertz CT molecular complexity index is 519. The Kier molecular flexibility index (Phi) is 3.44. The number of nitrogens with two attached hydrogens (primary N) is 1. The number of aromatic nitrogens is 1. The third kappa shape index (κ3) is 2.65. The molecule has 17 heavy (non-hydrogen) atoms. The number of rotatable bonds is 4. The first kappa shape index (κ1) is 11.7. The van der Waals surface area contributed by atoms with Gasteiger partial charge in [0, 0.05) is 23.1 Å². The Morgan fingerprint density at radius 2 is 2.24 bits per heavy atom. The number of ether oxygens (including phenoxy) is 1. The van der Waals surface area contributed by atoms with Crippen LogP contribution in [-0.2, 0) is 16.0 Å². The van der Waals surface area contributed by atoms with E-state index < -0.39 is 0 Å². The summed E-state index contributed by atoms with van der Waals surface area (Å²) in [5.41, 5.74) is 8.14. The second-order valence-electron chi connectivity index (χ2n) is 4.10. The van der Waals surface area contributed by atoms with Gasteiger partial charge in [-0.05, 0) is 18.1 Å². The summed E-state index contributed by atoms with van der Waals surface area (Å²) in [6.07, 6.45) is 2.86. The first-order valence-electron chi connectivity index (χ1n) is 5.58. The minimum atomic E-state index is -0.266. The van der Waals surface area contributed by atoms with Gasteiger partial charge in [-0.25, -0.2) is 0 Å². The van der Waals surface area contributed by atoms with Crippen molar-refractivity contribution in [1.82, 2.24) is 4.98 Å². The molecule has 0 radical (unpaired) electrons. The van der Waals surface area contributed by atoms with Crippen LogP contribution in [0.3, 0.4) is 0 Å². The van der Waals surface area contributed by atoms with Gasteiger partial charge in [0.2, 0.25) is 0 Å². The molecular formula is C13H16N2O2. The predicted molar refractivity (Wildman–Crippen MR) is 66.6 cm³/mol. The Morgan fingerprint density at radius 3 is 3.00 bits per heavy atom. The quantitative estimate of drug-likeness (QED) is 0.787. The molecular weight excluding hydrogens is 216 g/mol. The van der Waals surface area contributed by atoms with E-state index in [1.807, 2.05) is 30.5 Å². The van der Waals surface area contributed by atoms with Crippen LogP contribution in [0.15, 0.2) is 30.5 Å². The van der Waals surface area contributed by atoms with Gasteiger partial charge in [-0.15, -0.1) is 0 Å². The maximum atomic E-state index is 11.1. The van der Waals surface area contributed by atoms with Crippen molar-refractivity contribution in [2.75, 3.05) is 7.11 Å². The summed E-state index contributed by atoms with van der Waals surface area (Å²) < 4.78 is 4.60. The molecule has 0 spiro atoms. The molecule has 1 heterocycles. The van der Waals surface area contributed by atoms with E-state index in [2.05, 4.69) is 9.72 Å². The molecule has 0 aliphatic rings. The molecule has 90 valence electrons. The Hall–Kier alpha value is -1.81. The minimum Gasteiger partial charge on any atom is -0.469 e. The molecule has 4 heteroatoms. The molecule has 0 bridgehead atoms. The van der Waals surface area contributed by atoms with Gasteiger partial charge < -0.3 is 15.5 Å². The maximum Gasteiger partial charge on any atom is 0.307 e. The van der Waals surface area contributed by atoms with Gasteiger partial charge in [0.15, 0.2) is 0 Å². The van der Waals surface area contributed by atoms with Crippen molar-refractivity contribution in [3.63, 3.8) is 0 Å². The van der Waals surface area contributed by atoms with Gasteiger partial charge in [-0.2, -0.15) is 0 Å². The molecule has 1 aromatic heterocycles. The molecule has 0 saturated carbocycles. The van der Waals surface area contributed by atoms with E-state index in [0.717, 1.165) is 16.5 Å². The van der Waals surface area contributed by atoms with Crippen molar-refractivity contribution >= 4 is 16.9 Å². The predicted octanol–water partition coefficient (Wildman–Crippen LogP) is 1.60. The van der Waals surface area contributed by atoms with Gasteiger partial charge in [-0.3, -0.25) is 4.79 Å². The van der Waals surface area contributed by atoms with Crippen LogP contribution < -0.4 is 5.73 Å². The summed E-state index contributed by atoms with van der Waals surface area (Å²) in [5.74, 6) is -0.266. The third-order valence-corrected chi connectivity index (χ3v) is 2.81. The van der Waals surface area contributed by atoms with E-state index in [0.29, 0.717) is 6.42 Å². The molecule has 0 amide bonds. The Balaban J connectivity index is 2.10. The number of methoxy groups -OCH3 is 1. The minimum absolute atomic E-state index is 0.207. The summed E-state index contributed by atoms with van der Waals surface area (Å²) in [7, 11) is 1.38. The highest BCUT2D eigenvalue weighted by atomic mass is 16.5. The average molecular weight is 232 g/mol. The summed E-state index contributed by atoms with van der Waals surface area (Å²) >= 11 is 0. The van der Waals surface area contributed by atoms with Crippen LogP contribution in [0.2, 0.25) is 0 Å². The Morgan fingerprint density at radius 1 is 1.47 bits per heavy atom. The van der Waals surface area contributed by atoms with Crippen molar-refractivity contribution in [3.8, 4) is 0 Å². The van der Waals surface area contributed by atoms with Gasteiger partial charge in [-0.1, -0.05) is 18.2 Å². The number of fused-ring (bicyclic) bond motifs is 1. The fraction of sp³-hybridized carbons (Fsp3) is 0.308. The van der Waals surface area contributed by atoms with Crippen molar-refractivity contribution < 1.29 is 9.53 Å². The SMILES string of the molecule is COC(=O)C[C@@H](N)Cc1c[nH]c2ccccc12. The molecule has 0 aliphatic heterocycles. The van der Waals surface area contributed by atoms with Crippen molar-refractivity contribution in [1.29, 1.82) is 0 Å². The van der Waals surface area contributed by atoms with Gasteiger partial charge in [0.05, 0.1) is 13.5 Å². The van der Waals surface area contributed by atoms with Crippen LogP contribution in [0.25, 0.3) is 10.9 Å². The highest BCUT2D eigenvalue weighted by Gasteiger charge is 2.12. The number of esters is 1. The smallest absolute Gasteiger partial charge is 0.307 e. The molecule has 3 N–H and O–H groups in total.